The third-order valence-electron chi connectivity index (χ3n) is 4.29. The van der Waals surface area contributed by atoms with Crippen molar-refractivity contribution in [2.45, 2.75) is 44.7 Å². The summed E-state index contributed by atoms with van der Waals surface area (Å²) in [4.78, 5) is 17.0. The Morgan fingerprint density at radius 1 is 1.10 bits per heavy atom. The minimum absolute atomic E-state index is 0.164. The number of aromatic nitrogens is 1. The maximum Gasteiger partial charge on any atom is 0.258 e. The molecule has 0 bridgehead atoms. The van der Waals surface area contributed by atoms with Crippen LogP contribution in [-0.4, -0.2) is 35.7 Å². The van der Waals surface area contributed by atoms with Gasteiger partial charge in [0.1, 0.15) is 0 Å². The van der Waals surface area contributed by atoms with E-state index in [9.17, 15) is 13.2 Å². The summed E-state index contributed by atoms with van der Waals surface area (Å²) in [5.41, 5.74) is 0.963. The van der Waals surface area contributed by atoms with E-state index in [2.05, 4.69) is 10.3 Å². The van der Waals surface area contributed by atoms with Crippen LogP contribution in [0, 0.1) is 0 Å². The van der Waals surface area contributed by atoms with Crippen molar-refractivity contribution in [1.29, 1.82) is 0 Å². The summed E-state index contributed by atoms with van der Waals surface area (Å²) < 4.78 is 28.3. The first kappa shape index (κ1) is 21.7. The van der Waals surface area contributed by atoms with E-state index in [1.54, 1.807) is 42.5 Å². The highest BCUT2D eigenvalue weighted by atomic mass is 35.5. The summed E-state index contributed by atoms with van der Waals surface area (Å²) in [5, 5.41) is 3.46. The van der Waals surface area contributed by atoms with Gasteiger partial charge in [0.15, 0.2) is 5.13 Å². The number of carbonyl (C=O) groups is 1. The Labute approximate surface area is 179 Å². The van der Waals surface area contributed by atoms with Gasteiger partial charge in [-0.1, -0.05) is 35.1 Å². The minimum atomic E-state index is -3.65. The smallest absolute Gasteiger partial charge is 0.258 e. The zero-order chi connectivity index (χ0) is 21.3. The van der Waals surface area contributed by atoms with Crippen molar-refractivity contribution >= 4 is 54.2 Å². The van der Waals surface area contributed by atoms with Crippen molar-refractivity contribution in [3.63, 3.8) is 0 Å². The van der Waals surface area contributed by atoms with E-state index in [1.165, 1.54) is 15.6 Å². The topological polar surface area (TPSA) is 79.4 Å². The Balaban J connectivity index is 1.93. The van der Waals surface area contributed by atoms with Gasteiger partial charge in [0.05, 0.1) is 25.7 Å². The molecule has 0 saturated carbocycles. The number of nitrogens with one attached hydrogen (secondary N) is 1. The predicted octanol–water partition coefficient (Wildman–Crippen LogP) is 5.01. The summed E-state index contributed by atoms with van der Waals surface area (Å²) in [5.74, 6) is -0.367. The molecule has 9 heteroatoms. The van der Waals surface area contributed by atoms with E-state index in [0.29, 0.717) is 25.9 Å². The van der Waals surface area contributed by atoms with Crippen LogP contribution < -0.4 is 5.32 Å². The molecule has 0 radical (unpaired) electrons. The number of rotatable bonds is 6. The molecule has 1 N–H and O–H groups in total. The largest absolute Gasteiger partial charge is 0.298 e. The fourth-order valence-electron chi connectivity index (χ4n) is 3.20. The summed E-state index contributed by atoms with van der Waals surface area (Å²) in [6.07, 6.45) is 0. The number of anilines is 1. The summed E-state index contributed by atoms with van der Waals surface area (Å²) in [6, 6.07) is 11.2. The van der Waals surface area contributed by atoms with Crippen LogP contribution in [0.25, 0.3) is 10.2 Å². The highest BCUT2D eigenvalue weighted by molar-refractivity contribution is 7.89. The molecule has 0 aliphatic heterocycles. The van der Waals surface area contributed by atoms with Crippen LogP contribution in [0.15, 0.2) is 47.4 Å². The second-order valence-electron chi connectivity index (χ2n) is 7.10. The van der Waals surface area contributed by atoms with Crippen molar-refractivity contribution in [2.75, 3.05) is 5.32 Å². The van der Waals surface area contributed by atoms with Gasteiger partial charge in [0.25, 0.3) is 5.91 Å². The van der Waals surface area contributed by atoms with Gasteiger partial charge in [0, 0.05) is 12.1 Å². The lowest BCUT2D eigenvalue weighted by atomic mass is 10.2. The molecule has 29 heavy (non-hydrogen) atoms. The van der Waals surface area contributed by atoms with Crippen molar-refractivity contribution in [2.24, 2.45) is 0 Å². The van der Waals surface area contributed by atoms with Crippen LogP contribution in [-0.2, 0) is 10.0 Å². The van der Waals surface area contributed by atoms with Crippen LogP contribution >= 0.6 is 22.9 Å². The second-order valence-corrected chi connectivity index (χ2v) is 10.4. The molecule has 1 aromatic heterocycles. The van der Waals surface area contributed by atoms with Crippen LogP contribution in [0.5, 0.6) is 0 Å². The Bertz CT molecular complexity index is 1150. The first-order chi connectivity index (χ1) is 13.6. The second kappa shape index (κ2) is 8.39. The molecule has 3 aromatic rings. The molecule has 0 saturated heterocycles. The normalized spacial score (nSPS) is 12.3. The SMILES string of the molecule is CC(C)N(C(C)C)S(=O)(=O)c1ccc2nc(NC(=O)c3ccccc3Cl)sc2c1. The number of benzene rings is 2. The van der Waals surface area contributed by atoms with E-state index in [1.807, 2.05) is 27.7 Å². The lowest BCUT2D eigenvalue weighted by Gasteiger charge is -2.29. The fourth-order valence-corrected chi connectivity index (χ4v) is 6.26. The van der Waals surface area contributed by atoms with Gasteiger partial charge >= 0.3 is 0 Å². The van der Waals surface area contributed by atoms with E-state index in [4.69, 9.17) is 11.6 Å². The highest BCUT2D eigenvalue weighted by Crippen LogP contribution is 2.31. The first-order valence-corrected chi connectivity index (χ1v) is 11.7. The van der Waals surface area contributed by atoms with Gasteiger partial charge in [0.2, 0.25) is 10.0 Å². The third-order valence-corrected chi connectivity index (χ3v) is 7.80. The number of fused-ring (bicyclic) bond motifs is 1. The number of thiazole rings is 1. The third kappa shape index (κ3) is 4.45. The van der Waals surface area contributed by atoms with Crippen molar-refractivity contribution < 1.29 is 13.2 Å². The highest BCUT2D eigenvalue weighted by Gasteiger charge is 2.29. The number of hydrogen-bond acceptors (Lipinski definition) is 5. The average Bonchev–Trinajstić information content (AvgIpc) is 3.02. The average molecular weight is 452 g/mol. The zero-order valence-electron chi connectivity index (χ0n) is 16.5. The lowest BCUT2D eigenvalue weighted by molar-refractivity contribution is 0.102. The minimum Gasteiger partial charge on any atom is -0.298 e. The summed E-state index contributed by atoms with van der Waals surface area (Å²) in [6.45, 7) is 7.41. The maximum atomic E-state index is 13.1. The van der Waals surface area contributed by atoms with Crippen LogP contribution in [0.4, 0.5) is 5.13 Å². The Kier molecular flexibility index (Phi) is 6.28. The molecule has 0 aliphatic carbocycles. The quantitative estimate of drug-likeness (QED) is 0.571. The number of amides is 1. The molecule has 0 spiro atoms. The predicted molar refractivity (Wildman–Crippen MR) is 118 cm³/mol. The van der Waals surface area contributed by atoms with Gasteiger partial charge < -0.3 is 0 Å². The Morgan fingerprint density at radius 2 is 1.76 bits per heavy atom. The van der Waals surface area contributed by atoms with E-state index >= 15 is 0 Å². The zero-order valence-corrected chi connectivity index (χ0v) is 18.9. The molecule has 2 aromatic carbocycles. The summed E-state index contributed by atoms with van der Waals surface area (Å²) in [7, 11) is -3.65. The number of hydrogen-bond donors (Lipinski definition) is 1. The molecule has 1 amide bonds. The van der Waals surface area contributed by atoms with Crippen LogP contribution in [0.2, 0.25) is 5.02 Å². The number of halogens is 1. The molecule has 154 valence electrons. The fraction of sp³-hybridized carbons (Fsp3) is 0.300. The number of nitrogens with zero attached hydrogens (tertiary/aromatic N) is 2. The van der Waals surface area contributed by atoms with Gasteiger partial charge in [-0.3, -0.25) is 10.1 Å². The van der Waals surface area contributed by atoms with Crippen molar-refractivity contribution in [3.8, 4) is 0 Å². The molecular weight excluding hydrogens is 430 g/mol. The van der Waals surface area contributed by atoms with Gasteiger partial charge in [-0.2, -0.15) is 4.31 Å². The molecule has 0 aliphatic rings. The summed E-state index contributed by atoms with van der Waals surface area (Å²) >= 11 is 7.28. The van der Waals surface area contributed by atoms with E-state index in [0.717, 1.165) is 0 Å². The monoisotopic (exact) mass is 451 g/mol. The molecule has 0 unspecified atom stereocenters. The van der Waals surface area contributed by atoms with E-state index in [-0.39, 0.29) is 22.9 Å². The maximum absolute atomic E-state index is 13.1. The van der Waals surface area contributed by atoms with E-state index < -0.39 is 10.0 Å². The molecule has 6 nitrogen and oxygen atoms in total. The van der Waals surface area contributed by atoms with Gasteiger partial charge in [-0.05, 0) is 58.0 Å². The van der Waals surface area contributed by atoms with Crippen molar-refractivity contribution in [1.82, 2.24) is 9.29 Å². The Morgan fingerprint density at radius 3 is 2.38 bits per heavy atom. The van der Waals surface area contributed by atoms with Crippen LogP contribution in [0.3, 0.4) is 0 Å². The van der Waals surface area contributed by atoms with Crippen LogP contribution in [0.1, 0.15) is 38.1 Å². The number of carbonyl (C=O) groups excluding carboxylic acids is 1. The molecule has 3 rings (SSSR count). The standard InChI is InChI=1S/C20H22ClN3O3S2/c1-12(2)24(13(3)4)29(26,27)14-9-10-17-18(11-14)28-20(22-17)23-19(25)15-7-5-6-8-16(15)21/h5-13H,1-4H3,(H,22,23,25). The molecule has 0 atom stereocenters. The van der Waals surface area contributed by atoms with Crippen molar-refractivity contribution in [3.05, 3.63) is 53.1 Å². The molecule has 1 heterocycles. The van der Waals surface area contributed by atoms with Gasteiger partial charge in [-0.15, -0.1) is 0 Å². The molecular formula is C20H22ClN3O3S2. The Hall–Kier alpha value is -2.00. The first-order valence-electron chi connectivity index (χ1n) is 9.11. The van der Waals surface area contributed by atoms with Gasteiger partial charge in [-0.25, -0.2) is 13.4 Å². The molecule has 0 fully saturated rings. The number of sulfonamides is 1. The lowest BCUT2D eigenvalue weighted by Crippen LogP contribution is -2.41.